The first-order valence-corrected chi connectivity index (χ1v) is 8.88. The third-order valence-corrected chi connectivity index (χ3v) is 5.75. The van der Waals surface area contributed by atoms with Gasteiger partial charge in [-0.25, -0.2) is 8.42 Å². The zero-order valence-corrected chi connectivity index (χ0v) is 13.9. The Morgan fingerprint density at radius 2 is 1.92 bits per heavy atom. The van der Waals surface area contributed by atoms with Gasteiger partial charge in [-0.15, -0.1) is 0 Å². The number of benzene rings is 2. The molecule has 0 radical (unpaired) electrons. The molecule has 24 heavy (non-hydrogen) atoms. The van der Waals surface area contributed by atoms with Crippen LogP contribution in [0.15, 0.2) is 47.4 Å². The summed E-state index contributed by atoms with van der Waals surface area (Å²) in [6.07, 6.45) is 0. The van der Waals surface area contributed by atoms with Crippen molar-refractivity contribution >= 4 is 10.0 Å². The number of rotatable bonds is 5. The van der Waals surface area contributed by atoms with Crippen LogP contribution in [0.25, 0.3) is 0 Å². The van der Waals surface area contributed by atoms with E-state index in [9.17, 15) is 8.42 Å². The normalized spacial score (nSPS) is 13.0. The molecule has 0 aliphatic carbocycles. The Hall–Kier alpha value is -2.56. The van der Waals surface area contributed by atoms with E-state index >= 15 is 0 Å². The third-order valence-electron chi connectivity index (χ3n) is 3.77. The SMILES string of the molecule is CCN(Cc1ccc2c(c1)OCO2)S(=O)(=O)c1ccccc1C#N. The maximum Gasteiger partial charge on any atom is 0.244 e. The zero-order chi connectivity index (χ0) is 17.2. The molecule has 3 rings (SSSR count). The van der Waals surface area contributed by atoms with E-state index in [1.165, 1.54) is 16.4 Å². The average molecular weight is 344 g/mol. The molecule has 0 atom stereocenters. The van der Waals surface area contributed by atoms with Crippen LogP contribution in [0.4, 0.5) is 0 Å². The highest BCUT2D eigenvalue weighted by Crippen LogP contribution is 2.33. The monoisotopic (exact) mass is 344 g/mol. The molecule has 124 valence electrons. The quantitative estimate of drug-likeness (QED) is 0.832. The van der Waals surface area contributed by atoms with Crippen LogP contribution in [-0.4, -0.2) is 26.1 Å². The largest absolute Gasteiger partial charge is 0.454 e. The summed E-state index contributed by atoms with van der Waals surface area (Å²) in [5, 5.41) is 9.17. The van der Waals surface area contributed by atoms with E-state index in [0.29, 0.717) is 11.5 Å². The standard InChI is InChI=1S/C17H16N2O4S/c1-2-19(11-13-7-8-15-16(9-13)23-12-22-15)24(20,21)17-6-4-3-5-14(17)10-18/h3-9H,2,11-12H2,1H3. The molecule has 6 nitrogen and oxygen atoms in total. The molecule has 0 amide bonds. The van der Waals surface area contributed by atoms with Gasteiger partial charge in [0.15, 0.2) is 11.5 Å². The molecule has 2 aromatic rings. The lowest BCUT2D eigenvalue weighted by Crippen LogP contribution is -2.31. The highest BCUT2D eigenvalue weighted by Gasteiger charge is 2.26. The first-order valence-electron chi connectivity index (χ1n) is 7.44. The molecular weight excluding hydrogens is 328 g/mol. The fraction of sp³-hybridized carbons (Fsp3) is 0.235. The van der Waals surface area contributed by atoms with Crippen LogP contribution >= 0.6 is 0 Å². The van der Waals surface area contributed by atoms with E-state index < -0.39 is 10.0 Å². The van der Waals surface area contributed by atoms with Gasteiger partial charge in [0.25, 0.3) is 0 Å². The second kappa shape index (κ2) is 6.51. The lowest BCUT2D eigenvalue weighted by molar-refractivity contribution is 0.174. The van der Waals surface area contributed by atoms with Gasteiger partial charge in [-0.1, -0.05) is 25.1 Å². The third kappa shape index (κ3) is 2.94. The van der Waals surface area contributed by atoms with Gasteiger partial charge in [-0.2, -0.15) is 9.57 Å². The first kappa shape index (κ1) is 16.3. The lowest BCUT2D eigenvalue weighted by atomic mass is 10.2. The second-order valence-electron chi connectivity index (χ2n) is 5.23. The van der Waals surface area contributed by atoms with Crippen molar-refractivity contribution in [3.05, 3.63) is 53.6 Å². The number of hydrogen-bond acceptors (Lipinski definition) is 5. The average Bonchev–Trinajstić information content (AvgIpc) is 3.07. The van der Waals surface area contributed by atoms with Crippen LogP contribution in [0.1, 0.15) is 18.1 Å². The maximum atomic E-state index is 12.9. The molecule has 7 heteroatoms. The van der Waals surface area contributed by atoms with Gasteiger partial charge in [0.2, 0.25) is 16.8 Å². The van der Waals surface area contributed by atoms with Crippen molar-refractivity contribution in [1.82, 2.24) is 4.31 Å². The fourth-order valence-corrected chi connectivity index (χ4v) is 4.11. The van der Waals surface area contributed by atoms with Crippen LogP contribution in [0, 0.1) is 11.3 Å². The molecule has 1 aliphatic heterocycles. The van der Waals surface area contributed by atoms with Crippen LogP contribution in [0.2, 0.25) is 0 Å². The zero-order valence-electron chi connectivity index (χ0n) is 13.1. The number of ether oxygens (including phenoxy) is 2. The predicted octanol–water partition coefficient (Wildman–Crippen LogP) is 2.50. The molecule has 2 aromatic carbocycles. The van der Waals surface area contributed by atoms with Gasteiger partial charge in [-0.05, 0) is 29.8 Å². The summed E-state index contributed by atoms with van der Waals surface area (Å²) in [4.78, 5) is 0.0232. The number of fused-ring (bicyclic) bond motifs is 1. The Balaban J connectivity index is 1.92. The Bertz CT molecular complexity index is 903. The fourth-order valence-electron chi connectivity index (χ4n) is 2.53. The van der Waals surface area contributed by atoms with E-state index in [1.807, 2.05) is 12.1 Å². The summed E-state index contributed by atoms with van der Waals surface area (Å²) in [5.74, 6) is 1.26. The van der Waals surface area contributed by atoms with E-state index in [2.05, 4.69) is 0 Å². The second-order valence-corrected chi connectivity index (χ2v) is 7.13. The maximum absolute atomic E-state index is 12.9. The number of hydrogen-bond donors (Lipinski definition) is 0. The molecule has 1 aliphatic rings. The van der Waals surface area contributed by atoms with Crippen LogP contribution < -0.4 is 9.47 Å². The van der Waals surface area contributed by atoms with Crippen LogP contribution in [0.3, 0.4) is 0 Å². The first-order chi connectivity index (χ1) is 11.6. The van der Waals surface area contributed by atoms with Crippen molar-refractivity contribution in [3.8, 4) is 17.6 Å². The van der Waals surface area contributed by atoms with Gasteiger partial charge in [-0.3, -0.25) is 0 Å². The predicted molar refractivity (Wildman–Crippen MR) is 87.0 cm³/mol. The van der Waals surface area contributed by atoms with Crippen LogP contribution in [-0.2, 0) is 16.6 Å². The van der Waals surface area contributed by atoms with Crippen molar-refractivity contribution in [3.63, 3.8) is 0 Å². The molecule has 0 spiro atoms. The van der Waals surface area contributed by atoms with Gasteiger partial charge < -0.3 is 9.47 Å². The summed E-state index contributed by atoms with van der Waals surface area (Å²) in [7, 11) is -3.77. The van der Waals surface area contributed by atoms with Crippen molar-refractivity contribution in [1.29, 1.82) is 5.26 Å². The molecule has 0 unspecified atom stereocenters. The lowest BCUT2D eigenvalue weighted by Gasteiger charge is -2.21. The minimum atomic E-state index is -3.77. The van der Waals surface area contributed by atoms with Gasteiger partial charge in [0.1, 0.15) is 6.07 Å². The van der Waals surface area contributed by atoms with Gasteiger partial charge in [0, 0.05) is 13.1 Å². The summed E-state index contributed by atoms with van der Waals surface area (Å²) < 4.78 is 37.7. The molecule has 0 saturated carbocycles. The summed E-state index contributed by atoms with van der Waals surface area (Å²) in [6, 6.07) is 13.5. The molecule has 1 heterocycles. The minimum absolute atomic E-state index is 0.0232. The van der Waals surface area contributed by atoms with Crippen molar-refractivity contribution in [2.45, 2.75) is 18.4 Å². The van der Waals surface area contributed by atoms with Crippen molar-refractivity contribution in [2.75, 3.05) is 13.3 Å². The van der Waals surface area contributed by atoms with Gasteiger partial charge >= 0.3 is 0 Å². The molecule has 0 N–H and O–H groups in total. The Morgan fingerprint density at radius 3 is 2.67 bits per heavy atom. The smallest absolute Gasteiger partial charge is 0.244 e. The van der Waals surface area contributed by atoms with E-state index in [0.717, 1.165) is 5.56 Å². The number of sulfonamides is 1. The molecule has 0 bridgehead atoms. The van der Waals surface area contributed by atoms with E-state index in [1.54, 1.807) is 31.2 Å². The number of nitrogens with zero attached hydrogens (tertiary/aromatic N) is 2. The minimum Gasteiger partial charge on any atom is -0.454 e. The van der Waals surface area contributed by atoms with Crippen LogP contribution in [0.5, 0.6) is 11.5 Å². The summed E-state index contributed by atoms with van der Waals surface area (Å²) >= 11 is 0. The summed E-state index contributed by atoms with van der Waals surface area (Å²) in [5.41, 5.74) is 0.931. The van der Waals surface area contributed by atoms with Crippen molar-refractivity contribution < 1.29 is 17.9 Å². The van der Waals surface area contributed by atoms with E-state index in [-0.39, 0.29) is 30.3 Å². The molecule has 0 saturated heterocycles. The number of nitriles is 1. The van der Waals surface area contributed by atoms with E-state index in [4.69, 9.17) is 14.7 Å². The highest BCUT2D eigenvalue weighted by molar-refractivity contribution is 7.89. The molecule has 0 fully saturated rings. The molecule has 0 aromatic heterocycles. The highest BCUT2D eigenvalue weighted by atomic mass is 32.2. The Morgan fingerprint density at radius 1 is 1.17 bits per heavy atom. The van der Waals surface area contributed by atoms with Gasteiger partial charge in [0.05, 0.1) is 10.5 Å². The Kier molecular flexibility index (Phi) is 4.42. The summed E-state index contributed by atoms with van der Waals surface area (Å²) in [6.45, 7) is 2.41. The molecular formula is C17H16N2O4S. The van der Waals surface area contributed by atoms with Crippen molar-refractivity contribution in [2.24, 2.45) is 0 Å². The topological polar surface area (TPSA) is 79.6 Å². The Labute approximate surface area is 140 Å².